The average molecular weight is 366 g/mol. The second-order valence-corrected chi connectivity index (χ2v) is 6.67. The first-order valence-electron chi connectivity index (χ1n) is 9.33. The van der Waals surface area contributed by atoms with E-state index in [0.29, 0.717) is 19.5 Å². The lowest BCUT2D eigenvalue weighted by molar-refractivity contribution is -0.115. The van der Waals surface area contributed by atoms with Gasteiger partial charge in [0, 0.05) is 49.7 Å². The molecule has 0 spiro atoms. The monoisotopic (exact) mass is 366 g/mol. The van der Waals surface area contributed by atoms with Crippen LogP contribution in [0.2, 0.25) is 0 Å². The number of rotatable bonds is 4. The summed E-state index contributed by atoms with van der Waals surface area (Å²) in [7, 11) is 0. The standard InChI is InChI=1S/C21H26N4O2/c1-3-20(26)23-19-10-9-17(15-16(19)2)22-21(27)25-13-11-24(12-14-25)18-7-5-4-6-8-18/h4-10,15H,3,11-14H2,1-2H3,(H,22,27)(H,23,26). The van der Waals surface area contributed by atoms with E-state index in [0.717, 1.165) is 30.0 Å². The van der Waals surface area contributed by atoms with Crippen LogP contribution in [0.25, 0.3) is 0 Å². The number of anilines is 3. The van der Waals surface area contributed by atoms with Crippen LogP contribution in [0.5, 0.6) is 0 Å². The topological polar surface area (TPSA) is 64.7 Å². The van der Waals surface area contributed by atoms with Crippen molar-refractivity contribution < 1.29 is 9.59 Å². The molecular weight excluding hydrogens is 340 g/mol. The Morgan fingerprint density at radius 3 is 2.30 bits per heavy atom. The highest BCUT2D eigenvalue weighted by molar-refractivity contribution is 5.93. The van der Waals surface area contributed by atoms with Gasteiger partial charge in [-0.25, -0.2) is 4.79 Å². The molecule has 0 radical (unpaired) electrons. The van der Waals surface area contributed by atoms with Crippen LogP contribution in [0.15, 0.2) is 48.5 Å². The van der Waals surface area contributed by atoms with E-state index in [1.54, 1.807) is 0 Å². The number of nitrogens with zero attached hydrogens (tertiary/aromatic N) is 2. The Bertz CT molecular complexity index is 799. The molecule has 1 aliphatic rings. The predicted molar refractivity (Wildman–Crippen MR) is 109 cm³/mol. The molecular formula is C21H26N4O2. The molecule has 3 rings (SSSR count). The van der Waals surface area contributed by atoms with Gasteiger partial charge in [-0.3, -0.25) is 4.79 Å². The minimum atomic E-state index is -0.0903. The Balaban J connectivity index is 1.55. The third-order valence-corrected chi connectivity index (χ3v) is 4.76. The number of para-hydroxylation sites is 1. The normalized spacial score (nSPS) is 14.0. The van der Waals surface area contributed by atoms with Gasteiger partial charge in [0.2, 0.25) is 5.91 Å². The summed E-state index contributed by atoms with van der Waals surface area (Å²) in [6, 6.07) is 15.7. The van der Waals surface area contributed by atoms with E-state index in [2.05, 4.69) is 27.7 Å². The van der Waals surface area contributed by atoms with Gasteiger partial charge in [0.05, 0.1) is 0 Å². The Morgan fingerprint density at radius 1 is 0.963 bits per heavy atom. The third-order valence-electron chi connectivity index (χ3n) is 4.76. The van der Waals surface area contributed by atoms with Crippen LogP contribution in [0.4, 0.5) is 21.9 Å². The molecule has 0 aliphatic carbocycles. The molecule has 6 nitrogen and oxygen atoms in total. The fourth-order valence-corrected chi connectivity index (χ4v) is 3.13. The lowest BCUT2D eigenvalue weighted by Gasteiger charge is -2.36. The average Bonchev–Trinajstić information content (AvgIpc) is 2.70. The van der Waals surface area contributed by atoms with Crippen molar-refractivity contribution in [3.8, 4) is 0 Å². The van der Waals surface area contributed by atoms with Crippen molar-refractivity contribution in [3.63, 3.8) is 0 Å². The second kappa shape index (κ2) is 8.58. The number of amides is 3. The molecule has 6 heteroatoms. The molecule has 27 heavy (non-hydrogen) atoms. The van der Waals surface area contributed by atoms with E-state index >= 15 is 0 Å². The Kier molecular flexibility index (Phi) is 5.96. The zero-order valence-electron chi connectivity index (χ0n) is 15.9. The van der Waals surface area contributed by atoms with Crippen LogP contribution in [0.1, 0.15) is 18.9 Å². The summed E-state index contributed by atoms with van der Waals surface area (Å²) in [5.41, 5.74) is 3.62. The van der Waals surface area contributed by atoms with Crippen LogP contribution < -0.4 is 15.5 Å². The molecule has 0 saturated carbocycles. The molecule has 2 aromatic rings. The minimum absolute atomic E-state index is 0.0221. The minimum Gasteiger partial charge on any atom is -0.368 e. The van der Waals surface area contributed by atoms with Gasteiger partial charge in [-0.2, -0.15) is 0 Å². The molecule has 2 aromatic carbocycles. The fraction of sp³-hybridized carbons (Fsp3) is 0.333. The van der Waals surface area contributed by atoms with Crippen molar-refractivity contribution in [2.24, 2.45) is 0 Å². The van der Waals surface area contributed by atoms with Gasteiger partial charge >= 0.3 is 6.03 Å². The molecule has 1 fully saturated rings. The highest BCUT2D eigenvalue weighted by atomic mass is 16.2. The molecule has 0 unspecified atom stereocenters. The SMILES string of the molecule is CCC(=O)Nc1ccc(NC(=O)N2CCN(c3ccccc3)CC2)cc1C. The Labute approximate surface area is 160 Å². The lowest BCUT2D eigenvalue weighted by atomic mass is 10.1. The van der Waals surface area contributed by atoms with Gasteiger partial charge in [0.1, 0.15) is 0 Å². The zero-order valence-corrected chi connectivity index (χ0v) is 15.9. The predicted octanol–water partition coefficient (Wildman–Crippen LogP) is 3.70. The smallest absolute Gasteiger partial charge is 0.321 e. The van der Waals surface area contributed by atoms with E-state index in [1.807, 2.05) is 55.1 Å². The van der Waals surface area contributed by atoms with Gasteiger partial charge in [0.15, 0.2) is 0 Å². The number of benzene rings is 2. The van der Waals surface area contributed by atoms with Gasteiger partial charge in [-0.15, -0.1) is 0 Å². The van der Waals surface area contributed by atoms with Gasteiger partial charge < -0.3 is 20.4 Å². The first-order valence-corrected chi connectivity index (χ1v) is 9.33. The zero-order chi connectivity index (χ0) is 19.2. The first-order chi connectivity index (χ1) is 13.1. The molecule has 0 bridgehead atoms. The highest BCUT2D eigenvalue weighted by Gasteiger charge is 2.21. The Hall–Kier alpha value is -3.02. The number of nitrogens with one attached hydrogen (secondary N) is 2. The number of aryl methyl sites for hydroxylation is 1. The van der Waals surface area contributed by atoms with E-state index < -0.39 is 0 Å². The van der Waals surface area contributed by atoms with Crippen LogP contribution in [-0.2, 0) is 4.79 Å². The fourth-order valence-electron chi connectivity index (χ4n) is 3.13. The number of piperazine rings is 1. The van der Waals surface area contributed by atoms with Crippen molar-refractivity contribution in [2.45, 2.75) is 20.3 Å². The number of hydrogen-bond donors (Lipinski definition) is 2. The van der Waals surface area contributed by atoms with Crippen LogP contribution in [0.3, 0.4) is 0 Å². The van der Waals surface area contributed by atoms with Gasteiger partial charge in [-0.05, 0) is 42.8 Å². The van der Waals surface area contributed by atoms with Crippen LogP contribution in [0, 0.1) is 6.92 Å². The summed E-state index contributed by atoms with van der Waals surface area (Å²) in [6.45, 7) is 6.74. The lowest BCUT2D eigenvalue weighted by Crippen LogP contribution is -2.50. The molecule has 1 aliphatic heterocycles. The van der Waals surface area contributed by atoms with E-state index in [1.165, 1.54) is 5.69 Å². The summed E-state index contributed by atoms with van der Waals surface area (Å²) in [5, 5.41) is 5.81. The molecule has 2 N–H and O–H groups in total. The molecule has 0 atom stereocenters. The summed E-state index contributed by atoms with van der Waals surface area (Å²) < 4.78 is 0. The van der Waals surface area contributed by atoms with Crippen molar-refractivity contribution in [1.29, 1.82) is 0 Å². The first kappa shape index (κ1) is 18.8. The van der Waals surface area contributed by atoms with Gasteiger partial charge in [0.25, 0.3) is 0 Å². The number of carbonyl (C=O) groups is 2. The van der Waals surface area contributed by atoms with E-state index in [-0.39, 0.29) is 11.9 Å². The van der Waals surface area contributed by atoms with E-state index in [9.17, 15) is 9.59 Å². The summed E-state index contributed by atoms with van der Waals surface area (Å²) >= 11 is 0. The van der Waals surface area contributed by atoms with Crippen LogP contribution >= 0.6 is 0 Å². The summed E-state index contributed by atoms with van der Waals surface area (Å²) in [5.74, 6) is -0.0221. The summed E-state index contributed by atoms with van der Waals surface area (Å²) in [4.78, 5) is 28.2. The molecule has 0 aromatic heterocycles. The third kappa shape index (κ3) is 4.78. The second-order valence-electron chi connectivity index (χ2n) is 6.67. The maximum absolute atomic E-state index is 12.6. The maximum Gasteiger partial charge on any atom is 0.321 e. The largest absolute Gasteiger partial charge is 0.368 e. The van der Waals surface area contributed by atoms with Crippen molar-refractivity contribution in [3.05, 3.63) is 54.1 Å². The van der Waals surface area contributed by atoms with Crippen molar-refractivity contribution in [1.82, 2.24) is 4.90 Å². The van der Waals surface area contributed by atoms with E-state index in [4.69, 9.17) is 0 Å². The quantitative estimate of drug-likeness (QED) is 0.867. The molecule has 1 saturated heterocycles. The van der Waals surface area contributed by atoms with Gasteiger partial charge in [-0.1, -0.05) is 25.1 Å². The molecule has 142 valence electrons. The Morgan fingerprint density at radius 2 is 1.67 bits per heavy atom. The molecule has 3 amide bonds. The number of hydrogen-bond acceptors (Lipinski definition) is 3. The maximum atomic E-state index is 12.6. The number of urea groups is 1. The van der Waals surface area contributed by atoms with Crippen molar-refractivity contribution in [2.75, 3.05) is 41.7 Å². The van der Waals surface area contributed by atoms with Crippen LogP contribution in [-0.4, -0.2) is 43.0 Å². The number of carbonyl (C=O) groups excluding carboxylic acids is 2. The molecule has 1 heterocycles. The highest BCUT2D eigenvalue weighted by Crippen LogP contribution is 2.21. The van der Waals surface area contributed by atoms with Crippen molar-refractivity contribution >= 4 is 29.0 Å². The summed E-state index contributed by atoms with van der Waals surface area (Å²) in [6.07, 6.45) is 0.437.